The van der Waals surface area contributed by atoms with Gasteiger partial charge in [-0.1, -0.05) is 12.1 Å². The highest BCUT2D eigenvalue weighted by atomic mass is 19.4. The molecule has 0 saturated heterocycles. The zero-order valence-corrected chi connectivity index (χ0v) is 16.0. The highest BCUT2D eigenvalue weighted by molar-refractivity contribution is 5.81. The minimum Gasteiger partial charge on any atom is -0.338 e. The Kier molecular flexibility index (Phi) is 6.62. The van der Waals surface area contributed by atoms with Crippen LogP contribution in [-0.2, 0) is 12.7 Å². The average Bonchev–Trinajstić information content (AvgIpc) is 2.63. The first-order chi connectivity index (χ1) is 13.0. The van der Waals surface area contributed by atoms with E-state index in [1.807, 2.05) is 0 Å². The van der Waals surface area contributed by atoms with Crippen LogP contribution in [0.3, 0.4) is 0 Å². The second-order valence-electron chi connectivity index (χ2n) is 6.36. The number of aliphatic imine (C=N–C) groups is 1. The molecule has 0 fully saturated rings. The van der Waals surface area contributed by atoms with Gasteiger partial charge in [0.15, 0.2) is 5.82 Å². The molecule has 1 aromatic rings. The van der Waals surface area contributed by atoms with Crippen LogP contribution in [0.4, 0.5) is 13.2 Å². The maximum Gasteiger partial charge on any atom is 0.416 e. The molecule has 0 saturated carbocycles. The third-order valence-electron chi connectivity index (χ3n) is 4.48. The van der Waals surface area contributed by atoms with Crippen LogP contribution in [0.5, 0.6) is 0 Å². The zero-order chi connectivity index (χ0) is 21.1. The number of hydrogen-bond donors (Lipinski definition) is 3. The highest BCUT2D eigenvalue weighted by Gasteiger charge is 2.36. The predicted octanol–water partition coefficient (Wildman–Crippen LogP) is 2.09. The number of rotatable bonds is 5. The van der Waals surface area contributed by atoms with Crippen LogP contribution in [0.25, 0.3) is 0 Å². The van der Waals surface area contributed by atoms with Crippen LogP contribution in [0.15, 0.2) is 40.8 Å². The third-order valence-corrected chi connectivity index (χ3v) is 4.48. The Bertz CT molecular complexity index is 776. The topological polar surface area (TPSA) is 94.8 Å². The predicted molar refractivity (Wildman–Crippen MR) is 98.6 cm³/mol. The summed E-state index contributed by atoms with van der Waals surface area (Å²) in [7, 11) is 3.25. The Labute approximate surface area is 160 Å². The third kappa shape index (κ3) is 4.98. The summed E-state index contributed by atoms with van der Waals surface area (Å²) < 4.78 is 37.9. The summed E-state index contributed by atoms with van der Waals surface area (Å²) in [4.78, 5) is 16.7. The summed E-state index contributed by atoms with van der Waals surface area (Å²) in [5.74, 6) is 0.877. The summed E-state index contributed by atoms with van der Waals surface area (Å²) in [6.45, 7) is 3.66. The van der Waals surface area contributed by atoms with Gasteiger partial charge >= 0.3 is 11.9 Å². The summed E-state index contributed by atoms with van der Waals surface area (Å²) in [5.41, 5.74) is -0.0943. The molecule has 0 bridgehead atoms. The summed E-state index contributed by atoms with van der Waals surface area (Å²) in [6.07, 6.45) is -4.90. The summed E-state index contributed by atoms with van der Waals surface area (Å²) in [5, 5.41) is 20.6. The van der Waals surface area contributed by atoms with Gasteiger partial charge in [0.2, 0.25) is 0 Å². The standard InChI is InChI=1S/C17H23F3N6O2/c1-10-14(26(27)28)15(25(4)11(2)21-3)24-16(23-10)22-9-12-5-7-13(8-6-12)17(18,19)20/h5-8,10,16,22-24H,9H2,1-4H3. The van der Waals surface area contributed by atoms with Crippen molar-refractivity contribution in [2.45, 2.75) is 38.9 Å². The van der Waals surface area contributed by atoms with E-state index in [9.17, 15) is 23.3 Å². The van der Waals surface area contributed by atoms with Gasteiger partial charge in [0.25, 0.3) is 0 Å². The van der Waals surface area contributed by atoms with E-state index in [1.165, 1.54) is 12.1 Å². The molecule has 2 unspecified atom stereocenters. The van der Waals surface area contributed by atoms with E-state index < -0.39 is 29.0 Å². The van der Waals surface area contributed by atoms with E-state index in [4.69, 9.17) is 0 Å². The zero-order valence-electron chi connectivity index (χ0n) is 16.0. The van der Waals surface area contributed by atoms with Crippen molar-refractivity contribution in [3.05, 3.63) is 57.0 Å². The first-order valence-electron chi connectivity index (χ1n) is 8.52. The molecule has 2 rings (SSSR count). The van der Waals surface area contributed by atoms with E-state index in [-0.39, 0.29) is 12.2 Å². The lowest BCUT2D eigenvalue weighted by Gasteiger charge is -2.35. The molecule has 28 heavy (non-hydrogen) atoms. The van der Waals surface area contributed by atoms with Gasteiger partial charge in [0.1, 0.15) is 18.2 Å². The fourth-order valence-corrected chi connectivity index (χ4v) is 2.75. The summed E-state index contributed by atoms with van der Waals surface area (Å²) in [6, 6.07) is 4.25. The van der Waals surface area contributed by atoms with E-state index in [2.05, 4.69) is 20.9 Å². The van der Waals surface area contributed by atoms with Gasteiger partial charge in [-0.25, -0.2) is 0 Å². The summed E-state index contributed by atoms with van der Waals surface area (Å²) >= 11 is 0. The fraction of sp³-hybridized carbons (Fsp3) is 0.471. The van der Waals surface area contributed by atoms with Crippen LogP contribution >= 0.6 is 0 Å². The number of benzene rings is 1. The molecule has 0 amide bonds. The molecule has 0 spiro atoms. The normalized spacial score (nSPS) is 20.8. The molecule has 1 aromatic carbocycles. The molecule has 1 heterocycles. The monoisotopic (exact) mass is 400 g/mol. The fourth-order valence-electron chi connectivity index (χ4n) is 2.75. The molecule has 0 radical (unpaired) electrons. The van der Waals surface area contributed by atoms with Crippen molar-refractivity contribution < 1.29 is 18.1 Å². The van der Waals surface area contributed by atoms with Crippen molar-refractivity contribution in [2.75, 3.05) is 14.1 Å². The van der Waals surface area contributed by atoms with Crippen LogP contribution in [0.2, 0.25) is 0 Å². The number of nitro groups is 1. The number of nitrogens with zero attached hydrogens (tertiary/aromatic N) is 3. The minimum absolute atomic E-state index is 0.0296. The van der Waals surface area contributed by atoms with Crippen molar-refractivity contribution in [3.63, 3.8) is 0 Å². The Hall–Kier alpha value is -2.66. The maximum atomic E-state index is 12.6. The lowest BCUT2D eigenvalue weighted by molar-refractivity contribution is -0.433. The Morgan fingerprint density at radius 3 is 2.46 bits per heavy atom. The molecular formula is C17H23F3N6O2. The van der Waals surface area contributed by atoms with Gasteiger partial charge in [0.05, 0.1) is 10.5 Å². The number of halogens is 3. The second-order valence-corrected chi connectivity index (χ2v) is 6.36. The first-order valence-corrected chi connectivity index (χ1v) is 8.52. The Balaban J connectivity index is 2.13. The molecule has 1 aliphatic rings. The maximum absolute atomic E-state index is 12.6. The molecule has 0 aliphatic carbocycles. The van der Waals surface area contributed by atoms with E-state index in [0.29, 0.717) is 17.2 Å². The lowest BCUT2D eigenvalue weighted by Crippen LogP contribution is -2.61. The highest BCUT2D eigenvalue weighted by Crippen LogP contribution is 2.29. The molecular weight excluding hydrogens is 377 g/mol. The van der Waals surface area contributed by atoms with Gasteiger partial charge < -0.3 is 10.2 Å². The second kappa shape index (κ2) is 8.57. The van der Waals surface area contributed by atoms with Gasteiger partial charge in [-0.3, -0.25) is 25.7 Å². The van der Waals surface area contributed by atoms with Gasteiger partial charge in [-0.15, -0.1) is 0 Å². The Morgan fingerprint density at radius 1 is 1.36 bits per heavy atom. The smallest absolute Gasteiger partial charge is 0.338 e. The van der Waals surface area contributed by atoms with Crippen molar-refractivity contribution in [1.82, 2.24) is 20.9 Å². The quantitative estimate of drug-likeness (QED) is 0.303. The first kappa shape index (κ1) is 21.6. The van der Waals surface area contributed by atoms with Crippen LogP contribution in [-0.4, -0.2) is 42.1 Å². The number of nitrogens with one attached hydrogen (secondary N) is 3. The van der Waals surface area contributed by atoms with Gasteiger partial charge in [0, 0.05) is 20.6 Å². The van der Waals surface area contributed by atoms with E-state index in [0.717, 1.165) is 12.1 Å². The van der Waals surface area contributed by atoms with E-state index >= 15 is 0 Å². The number of alkyl halides is 3. The molecule has 2 atom stereocenters. The van der Waals surface area contributed by atoms with Gasteiger partial charge in [-0.2, -0.15) is 13.2 Å². The van der Waals surface area contributed by atoms with Crippen molar-refractivity contribution in [3.8, 4) is 0 Å². The van der Waals surface area contributed by atoms with Crippen molar-refractivity contribution in [1.29, 1.82) is 0 Å². The Morgan fingerprint density at radius 2 is 1.96 bits per heavy atom. The van der Waals surface area contributed by atoms with Gasteiger partial charge in [-0.05, 0) is 31.5 Å². The molecule has 8 nitrogen and oxygen atoms in total. The molecule has 0 aromatic heterocycles. The van der Waals surface area contributed by atoms with Crippen LogP contribution in [0.1, 0.15) is 25.0 Å². The molecule has 154 valence electrons. The molecule has 3 N–H and O–H groups in total. The minimum atomic E-state index is -4.38. The van der Waals surface area contributed by atoms with Crippen LogP contribution in [0, 0.1) is 10.1 Å². The number of amidine groups is 1. The van der Waals surface area contributed by atoms with Crippen molar-refractivity contribution in [2.24, 2.45) is 4.99 Å². The molecule has 11 heteroatoms. The van der Waals surface area contributed by atoms with E-state index in [1.54, 1.807) is 32.8 Å². The van der Waals surface area contributed by atoms with Crippen molar-refractivity contribution >= 4 is 5.84 Å². The average molecular weight is 400 g/mol. The molecule has 1 aliphatic heterocycles. The largest absolute Gasteiger partial charge is 0.416 e. The SMILES string of the molecule is CN=C(C)N(C)C1=C([N+](=O)[O-])C(C)NC(NCc2ccc(C(F)(F)F)cc2)N1. The van der Waals surface area contributed by atoms with Crippen LogP contribution < -0.4 is 16.0 Å². The lowest BCUT2D eigenvalue weighted by atomic mass is 10.1. The number of hydrogen-bond acceptors (Lipinski definition) is 6.